The molecule has 1 saturated carbocycles. The van der Waals surface area contributed by atoms with Gasteiger partial charge in [0.25, 0.3) is 0 Å². The molecule has 1 heterocycles. The lowest BCUT2D eigenvalue weighted by molar-refractivity contribution is 0.663. The summed E-state index contributed by atoms with van der Waals surface area (Å²) in [5.74, 6) is 0.966. The van der Waals surface area contributed by atoms with Crippen LogP contribution in [0, 0.1) is 0 Å². The lowest BCUT2D eigenvalue weighted by Gasteiger charge is -2.16. The first-order valence-electron chi connectivity index (χ1n) is 6.56. The van der Waals surface area contributed by atoms with Crippen LogP contribution in [0.1, 0.15) is 38.3 Å². The van der Waals surface area contributed by atoms with Crippen LogP contribution >= 0.6 is 0 Å². The van der Waals surface area contributed by atoms with Crippen molar-refractivity contribution in [2.75, 3.05) is 18.5 Å². The van der Waals surface area contributed by atoms with E-state index in [-0.39, 0.29) is 0 Å². The van der Waals surface area contributed by atoms with E-state index in [0.717, 1.165) is 30.6 Å². The van der Waals surface area contributed by atoms with Gasteiger partial charge in [-0.2, -0.15) is 5.10 Å². The first kappa shape index (κ1) is 12.3. The van der Waals surface area contributed by atoms with Crippen LogP contribution in [0.2, 0.25) is 0 Å². The van der Waals surface area contributed by atoms with Crippen LogP contribution in [0.25, 0.3) is 0 Å². The molecule has 1 aliphatic carbocycles. The summed E-state index contributed by atoms with van der Waals surface area (Å²) < 4.78 is 0. The minimum atomic E-state index is 0.726. The van der Waals surface area contributed by atoms with E-state index >= 15 is 0 Å². The number of rotatable bonds is 7. The average molecular weight is 234 g/mol. The zero-order chi connectivity index (χ0) is 12.1. The van der Waals surface area contributed by atoms with Gasteiger partial charge in [0.15, 0.2) is 5.82 Å². The molecule has 4 nitrogen and oxygen atoms in total. The highest BCUT2D eigenvalue weighted by molar-refractivity contribution is 5.35. The molecule has 0 aromatic carbocycles. The molecule has 1 aliphatic rings. The van der Waals surface area contributed by atoms with Crippen LogP contribution in [0.15, 0.2) is 12.1 Å². The Morgan fingerprint density at radius 1 is 1.35 bits per heavy atom. The van der Waals surface area contributed by atoms with Gasteiger partial charge in [0.2, 0.25) is 0 Å². The second-order valence-corrected chi connectivity index (χ2v) is 4.81. The van der Waals surface area contributed by atoms with E-state index < -0.39 is 0 Å². The third-order valence-corrected chi connectivity index (χ3v) is 3.09. The monoisotopic (exact) mass is 234 g/mol. The molecule has 0 spiro atoms. The van der Waals surface area contributed by atoms with Crippen molar-refractivity contribution in [2.24, 2.45) is 0 Å². The lowest BCUT2D eigenvalue weighted by atomic mass is 10.3. The lowest BCUT2D eigenvalue weighted by Crippen LogP contribution is -2.21. The summed E-state index contributed by atoms with van der Waals surface area (Å²) in [6.45, 7) is 4.09. The maximum Gasteiger partial charge on any atom is 0.150 e. The molecule has 1 fully saturated rings. The highest BCUT2D eigenvalue weighted by atomic mass is 15.2. The molecule has 0 unspecified atom stereocenters. The van der Waals surface area contributed by atoms with Gasteiger partial charge in [-0.3, -0.25) is 0 Å². The van der Waals surface area contributed by atoms with Gasteiger partial charge in [-0.05, 0) is 31.4 Å². The number of unbranched alkanes of at least 4 members (excludes halogenated alkanes) is 1. The van der Waals surface area contributed by atoms with Crippen LogP contribution in [-0.4, -0.2) is 29.8 Å². The van der Waals surface area contributed by atoms with Crippen LogP contribution in [0.4, 0.5) is 5.82 Å². The topological polar surface area (TPSA) is 41.0 Å². The Hall–Kier alpha value is -1.16. The maximum atomic E-state index is 4.27. The van der Waals surface area contributed by atoms with Crippen LogP contribution in [0.5, 0.6) is 0 Å². The molecule has 0 atom stereocenters. The molecule has 0 saturated heterocycles. The Bertz CT molecular complexity index is 332. The summed E-state index contributed by atoms with van der Waals surface area (Å²) >= 11 is 0. The summed E-state index contributed by atoms with van der Waals surface area (Å²) in [5, 5.41) is 12.0. The van der Waals surface area contributed by atoms with Crippen molar-refractivity contribution in [3.05, 3.63) is 17.8 Å². The summed E-state index contributed by atoms with van der Waals surface area (Å²) in [4.78, 5) is 2.16. The Kier molecular flexibility index (Phi) is 4.31. The maximum absolute atomic E-state index is 4.27. The highest BCUT2D eigenvalue weighted by Crippen LogP contribution is 2.19. The van der Waals surface area contributed by atoms with Gasteiger partial charge in [0.05, 0.1) is 5.69 Å². The molecule has 2 rings (SSSR count). The van der Waals surface area contributed by atoms with Crippen molar-refractivity contribution < 1.29 is 0 Å². The minimum Gasteiger partial charge on any atom is -0.358 e. The van der Waals surface area contributed by atoms with Gasteiger partial charge < -0.3 is 10.2 Å². The molecule has 0 radical (unpaired) electrons. The van der Waals surface area contributed by atoms with Gasteiger partial charge in [0, 0.05) is 26.2 Å². The van der Waals surface area contributed by atoms with Crippen LogP contribution in [-0.2, 0) is 6.54 Å². The predicted octanol–water partition coefficient (Wildman–Crippen LogP) is 1.96. The second-order valence-electron chi connectivity index (χ2n) is 4.81. The van der Waals surface area contributed by atoms with E-state index in [4.69, 9.17) is 0 Å². The molecule has 1 N–H and O–H groups in total. The molecule has 1 aromatic heterocycles. The molecule has 1 aromatic rings. The largest absolute Gasteiger partial charge is 0.358 e. The molecular formula is C13H22N4. The van der Waals surface area contributed by atoms with E-state index in [9.17, 15) is 0 Å². The van der Waals surface area contributed by atoms with E-state index in [0.29, 0.717) is 0 Å². The van der Waals surface area contributed by atoms with Gasteiger partial charge in [0.1, 0.15) is 0 Å². The third kappa shape index (κ3) is 3.97. The fourth-order valence-corrected chi connectivity index (χ4v) is 1.70. The molecule has 0 aliphatic heterocycles. The molecule has 17 heavy (non-hydrogen) atoms. The van der Waals surface area contributed by atoms with Gasteiger partial charge in [-0.25, -0.2) is 0 Å². The molecule has 4 heteroatoms. The van der Waals surface area contributed by atoms with Crippen molar-refractivity contribution in [1.29, 1.82) is 0 Å². The van der Waals surface area contributed by atoms with Gasteiger partial charge in [-0.15, -0.1) is 5.10 Å². The van der Waals surface area contributed by atoms with Crippen molar-refractivity contribution in [3.8, 4) is 0 Å². The van der Waals surface area contributed by atoms with E-state index in [1.165, 1.54) is 25.7 Å². The van der Waals surface area contributed by atoms with E-state index in [1.54, 1.807) is 0 Å². The molecule has 0 bridgehead atoms. The van der Waals surface area contributed by atoms with Gasteiger partial charge >= 0.3 is 0 Å². The van der Waals surface area contributed by atoms with Gasteiger partial charge in [-0.1, -0.05) is 13.3 Å². The predicted molar refractivity (Wildman–Crippen MR) is 70.1 cm³/mol. The number of hydrogen-bond donors (Lipinski definition) is 1. The van der Waals surface area contributed by atoms with Crippen LogP contribution < -0.4 is 10.2 Å². The first-order chi connectivity index (χ1) is 8.29. The van der Waals surface area contributed by atoms with E-state index in [2.05, 4.69) is 46.5 Å². The Balaban J connectivity index is 1.82. The Morgan fingerprint density at radius 2 is 2.18 bits per heavy atom. The third-order valence-electron chi connectivity index (χ3n) is 3.09. The highest BCUT2D eigenvalue weighted by Gasteiger charge is 2.20. The summed E-state index contributed by atoms with van der Waals surface area (Å²) in [5.41, 5.74) is 1.03. The SMILES string of the molecule is CCCCN(C)c1ccc(CNC2CC2)nn1. The fourth-order valence-electron chi connectivity index (χ4n) is 1.70. The Labute approximate surface area is 103 Å². The van der Waals surface area contributed by atoms with Crippen molar-refractivity contribution >= 4 is 5.82 Å². The van der Waals surface area contributed by atoms with Crippen molar-refractivity contribution in [3.63, 3.8) is 0 Å². The van der Waals surface area contributed by atoms with Crippen molar-refractivity contribution in [2.45, 2.75) is 45.2 Å². The minimum absolute atomic E-state index is 0.726. The summed E-state index contributed by atoms with van der Waals surface area (Å²) in [7, 11) is 2.07. The van der Waals surface area contributed by atoms with E-state index in [1.807, 2.05) is 0 Å². The number of hydrogen-bond acceptors (Lipinski definition) is 4. The zero-order valence-electron chi connectivity index (χ0n) is 10.8. The standard InChI is InChI=1S/C13H22N4/c1-3-4-9-17(2)13-8-7-12(15-16-13)10-14-11-5-6-11/h7-8,11,14H,3-6,9-10H2,1-2H3. The fraction of sp³-hybridized carbons (Fsp3) is 0.692. The molecule has 0 amide bonds. The number of nitrogens with zero attached hydrogens (tertiary/aromatic N) is 3. The number of anilines is 1. The number of nitrogens with one attached hydrogen (secondary N) is 1. The first-order valence-corrected chi connectivity index (χ1v) is 6.56. The smallest absolute Gasteiger partial charge is 0.150 e. The zero-order valence-corrected chi connectivity index (χ0v) is 10.8. The normalized spacial score (nSPS) is 14.9. The summed E-state index contributed by atoms with van der Waals surface area (Å²) in [6, 6.07) is 4.86. The molecular weight excluding hydrogens is 212 g/mol. The quantitative estimate of drug-likeness (QED) is 0.783. The van der Waals surface area contributed by atoms with Crippen molar-refractivity contribution in [1.82, 2.24) is 15.5 Å². The molecule has 94 valence electrons. The Morgan fingerprint density at radius 3 is 2.76 bits per heavy atom. The number of aromatic nitrogens is 2. The summed E-state index contributed by atoms with van der Waals surface area (Å²) in [6.07, 6.45) is 5.03. The van der Waals surface area contributed by atoms with Crippen LogP contribution in [0.3, 0.4) is 0 Å². The second kappa shape index (κ2) is 5.96. The average Bonchev–Trinajstić information content (AvgIpc) is 3.18.